The number of amides is 1. The Hall–Kier alpha value is -1.62. The number of nitrogens with zero attached hydrogens (tertiary/aromatic N) is 2. The highest BCUT2D eigenvalue weighted by molar-refractivity contribution is 5.94. The van der Waals surface area contributed by atoms with Crippen LogP contribution < -0.4 is 4.74 Å². The summed E-state index contributed by atoms with van der Waals surface area (Å²) in [6.07, 6.45) is 2.68. The highest BCUT2D eigenvalue weighted by atomic mass is 16.5. The van der Waals surface area contributed by atoms with Gasteiger partial charge in [-0.1, -0.05) is 6.92 Å². The van der Waals surface area contributed by atoms with Gasteiger partial charge in [0.25, 0.3) is 5.91 Å². The van der Waals surface area contributed by atoms with Crippen molar-refractivity contribution in [1.29, 1.82) is 0 Å². The van der Waals surface area contributed by atoms with Gasteiger partial charge in [-0.3, -0.25) is 4.79 Å². The molecule has 0 radical (unpaired) electrons. The normalized spacial score (nSPS) is 13.7. The Bertz CT molecular complexity index is 435. The number of rotatable bonds is 7. The van der Waals surface area contributed by atoms with Gasteiger partial charge in [0.2, 0.25) is 5.88 Å². The highest BCUT2D eigenvalue weighted by Crippen LogP contribution is 2.14. The van der Waals surface area contributed by atoms with Gasteiger partial charge in [-0.05, 0) is 32.8 Å². The number of hydrogen-bond acceptors (Lipinski definition) is 4. The third-order valence-electron chi connectivity index (χ3n) is 3.11. The van der Waals surface area contributed by atoms with Gasteiger partial charge in [-0.2, -0.15) is 0 Å². The third kappa shape index (κ3) is 5.17. The van der Waals surface area contributed by atoms with E-state index in [-0.39, 0.29) is 12.0 Å². The lowest BCUT2D eigenvalue weighted by molar-refractivity contribution is 0.0768. The average molecular weight is 280 g/mol. The molecule has 2 unspecified atom stereocenters. The van der Waals surface area contributed by atoms with Crippen molar-refractivity contribution < 1.29 is 14.6 Å². The van der Waals surface area contributed by atoms with Crippen LogP contribution in [0.25, 0.3) is 0 Å². The molecule has 5 heteroatoms. The molecule has 0 bridgehead atoms. The van der Waals surface area contributed by atoms with E-state index in [1.165, 1.54) is 0 Å². The molecule has 1 N–H and O–H groups in total. The van der Waals surface area contributed by atoms with Crippen LogP contribution in [-0.4, -0.2) is 46.7 Å². The fourth-order valence-corrected chi connectivity index (χ4v) is 1.60. The van der Waals surface area contributed by atoms with Gasteiger partial charge < -0.3 is 14.7 Å². The first kappa shape index (κ1) is 16.4. The lowest BCUT2D eigenvalue weighted by Crippen LogP contribution is -2.29. The van der Waals surface area contributed by atoms with Gasteiger partial charge in [-0.25, -0.2) is 4.98 Å². The minimum atomic E-state index is -0.410. The van der Waals surface area contributed by atoms with Crippen molar-refractivity contribution >= 4 is 5.91 Å². The molecule has 0 aliphatic carbocycles. The molecule has 20 heavy (non-hydrogen) atoms. The first-order valence-corrected chi connectivity index (χ1v) is 7.00. The molecule has 5 nitrogen and oxygen atoms in total. The lowest BCUT2D eigenvalue weighted by Gasteiger charge is -2.18. The molecule has 0 fully saturated rings. The van der Waals surface area contributed by atoms with Crippen molar-refractivity contribution in [1.82, 2.24) is 9.88 Å². The van der Waals surface area contributed by atoms with Crippen LogP contribution in [0.5, 0.6) is 5.88 Å². The van der Waals surface area contributed by atoms with E-state index < -0.39 is 6.10 Å². The second-order valence-electron chi connectivity index (χ2n) is 5.08. The summed E-state index contributed by atoms with van der Waals surface area (Å²) < 4.78 is 5.61. The zero-order valence-corrected chi connectivity index (χ0v) is 12.7. The molecule has 1 heterocycles. The van der Waals surface area contributed by atoms with Crippen molar-refractivity contribution in [3.8, 4) is 5.88 Å². The van der Waals surface area contributed by atoms with Gasteiger partial charge >= 0.3 is 0 Å². The Labute approximate surface area is 120 Å². The summed E-state index contributed by atoms with van der Waals surface area (Å²) in [5.74, 6) is 0.371. The van der Waals surface area contributed by atoms with Gasteiger partial charge in [0.05, 0.1) is 12.2 Å². The van der Waals surface area contributed by atoms with E-state index in [0.717, 1.165) is 6.42 Å². The van der Waals surface area contributed by atoms with Crippen LogP contribution in [-0.2, 0) is 0 Å². The molecule has 0 aliphatic rings. The van der Waals surface area contributed by atoms with Gasteiger partial charge in [0, 0.05) is 31.4 Å². The highest BCUT2D eigenvalue weighted by Gasteiger charge is 2.14. The van der Waals surface area contributed by atoms with Crippen LogP contribution in [0.15, 0.2) is 18.3 Å². The van der Waals surface area contributed by atoms with Gasteiger partial charge in [-0.15, -0.1) is 0 Å². The van der Waals surface area contributed by atoms with Crippen LogP contribution >= 0.6 is 0 Å². The number of carbonyl (C=O) groups is 1. The van der Waals surface area contributed by atoms with Gasteiger partial charge in [0.1, 0.15) is 0 Å². The van der Waals surface area contributed by atoms with E-state index in [2.05, 4.69) is 4.98 Å². The smallest absolute Gasteiger partial charge is 0.253 e. The zero-order chi connectivity index (χ0) is 15.1. The molecule has 112 valence electrons. The quantitative estimate of drug-likeness (QED) is 0.831. The molecule has 1 aromatic heterocycles. The van der Waals surface area contributed by atoms with Crippen LogP contribution in [0.1, 0.15) is 44.0 Å². The third-order valence-corrected chi connectivity index (χ3v) is 3.11. The van der Waals surface area contributed by atoms with Crippen molar-refractivity contribution in [2.75, 3.05) is 13.6 Å². The second kappa shape index (κ2) is 7.85. The molecule has 2 atom stereocenters. The van der Waals surface area contributed by atoms with Crippen LogP contribution in [0.3, 0.4) is 0 Å². The average Bonchev–Trinajstić information content (AvgIpc) is 2.44. The largest absolute Gasteiger partial charge is 0.475 e. The number of aliphatic hydroxyl groups is 1. The van der Waals surface area contributed by atoms with Crippen LogP contribution in [0.2, 0.25) is 0 Å². The number of ether oxygens (including phenoxy) is 1. The molecule has 1 rings (SSSR count). The molecular weight excluding hydrogens is 256 g/mol. The summed E-state index contributed by atoms with van der Waals surface area (Å²) >= 11 is 0. The maximum absolute atomic E-state index is 12.2. The summed E-state index contributed by atoms with van der Waals surface area (Å²) in [7, 11) is 1.72. The Balaban J connectivity index is 2.70. The maximum atomic E-state index is 12.2. The Morgan fingerprint density at radius 2 is 2.20 bits per heavy atom. The second-order valence-corrected chi connectivity index (χ2v) is 5.08. The standard InChI is InChI=1S/C15H24N2O3/c1-5-12(3)20-14-10-13(6-8-16-14)15(19)17(4)9-7-11(2)18/h6,8,10-12,18H,5,7,9H2,1-4H3. The molecule has 0 saturated carbocycles. The van der Waals surface area contributed by atoms with Crippen molar-refractivity contribution in [2.45, 2.75) is 45.8 Å². The SMILES string of the molecule is CCC(C)Oc1cc(C(=O)N(C)CCC(C)O)ccn1. The fourth-order valence-electron chi connectivity index (χ4n) is 1.60. The summed E-state index contributed by atoms with van der Waals surface area (Å²) in [6.45, 7) is 6.22. The van der Waals surface area contributed by atoms with E-state index in [1.54, 1.807) is 37.2 Å². The van der Waals surface area contributed by atoms with Crippen molar-refractivity contribution in [2.24, 2.45) is 0 Å². The number of aromatic nitrogens is 1. The van der Waals surface area contributed by atoms with Gasteiger partial charge in [0.15, 0.2) is 0 Å². The van der Waals surface area contributed by atoms with E-state index in [0.29, 0.717) is 24.4 Å². The minimum absolute atomic E-state index is 0.0702. The van der Waals surface area contributed by atoms with E-state index in [4.69, 9.17) is 4.74 Å². The van der Waals surface area contributed by atoms with Crippen LogP contribution in [0.4, 0.5) is 0 Å². The molecule has 0 spiro atoms. The summed E-state index contributed by atoms with van der Waals surface area (Å²) in [5, 5.41) is 9.26. The molecule has 0 saturated heterocycles. The summed E-state index contributed by atoms with van der Waals surface area (Å²) in [4.78, 5) is 17.9. The Morgan fingerprint density at radius 3 is 2.80 bits per heavy atom. The van der Waals surface area contributed by atoms with Crippen molar-refractivity contribution in [3.05, 3.63) is 23.9 Å². The molecule has 0 aliphatic heterocycles. The molecular formula is C15H24N2O3. The van der Waals surface area contributed by atoms with Crippen molar-refractivity contribution in [3.63, 3.8) is 0 Å². The molecule has 1 amide bonds. The first-order chi connectivity index (χ1) is 9.43. The summed E-state index contributed by atoms with van der Waals surface area (Å²) in [6, 6.07) is 3.33. The topological polar surface area (TPSA) is 62.7 Å². The number of carbonyl (C=O) groups excluding carboxylic acids is 1. The van der Waals surface area contributed by atoms with Crippen LogP contribution in [0, 0.1) is 0 Å². The molecule has 1 aromatic rings. The zero-order valence-electron chi connectivity index (χ0n) is 12.7. The van der Waals surface area contributed by atoms with E-state index >= 15 is 0 Å². The Kier molecular flexibility index (Phi) is 6.45. The number of hydrogen-bond donors (Lipinski definition) is 1. The monoisotopic (exact) mass is 280 g/mol. The minimum Gasteiger partial charge on any atom is -0.475 e. The first-order valence-electron chi connectivity index (χ1n) is 7.00. The fraction of sp³-hybridized carbons (Fsp3) is 0.600. The van der Waals surface area contributed by atoms with E-state index in [1.807, 2.05) is 13.8 Å². The number of pyridine rings is 1. The maximum Gasteiger partial charge on any atom is 0.253 e. The predicted molar refractivity (Wildman–Crippen MR) is 77.9 cm³/mol. The summed E-state index contributed by atoms with van der Waals surface area (Å²) in [5.41, 5.74) is 0.548. The van der Waals surface area contributed by atoms with E-state index in [9.17, 15) is 9.90 Å². The lowest BCUT2D eigenvalue weighted by atomic mass is 10.2. The predicted octanol–water partition coefficient (Wildman–Crippen LogP) is 2.10. The Morgan fingerprint density at radius 1 is 1.50 bits per heavy atom. The number of aliphatic hydroxyl groups excluding tert-OH is 1. The molecule has 0 aromatic carbocycles.